The molecule has 0 saturated carbocycles. The van der Waals surface area contributed by atoms with Gasteiger partial charge in [0.05, 0.1) is 4.90 Å². The van der Waals surface area contributed by atoms with Gasteiger partial charge in [0.1, 0.15) is 0 Å². The van der Waals surface area contributed by atoms with E-state index in [0.717, 1.165) is 41.9 Å². The van der Waals surface area contributed by atoms with Crippen LogP contribution in [0.3, 0.4) is 0 Å². The van der Waals surface area contributed by atoms with Crippen LogP contribution in [0.25, 0.3) is 0 Å². The third-order valence-corrected chi connectivity index (χ3v) is 6.50. The van der Waals surface area contributed by atoms with E-state index >= 15 is 0 Å². The Morgan fingerprint density at radius 2 is 1.30 bits per heavy atom. The predicted octanol–water partition coefficient (Wildman–Crippen LogP) is 7.04. The molecule has 0 unspecified atom stereocenters. The van der Waals surface area contributed by atoms with E-state index in [2.05, 4.69) is 13.8 Å². The molecule has 0 aliphatic heterocycles. The molecule has 156 valence electrons. The van der Waals surface area contributed by atoms with Crippen molar-refractivity contribution in [1.29, 1.82) is 0 Å². The molecule has 0 saturated heterocycles. The smallest absolute Gasteiger partial charge is 0.282 e. The van der Waals surface area contributed by atoms with Crippen molar-refractivity contribution in [3.63, 3.8) is 0 Å². The molecule has 0 fully saturated rings. The average Bonchev–Trinajstić information content (AvgIpc) is 2.58. The van der Waals surface area contributed by atoms with Crippen LogP contribution in [-0.2, 0) is 16.5 Å². The highest BCUT2D eigenvalue weighted by molar-refractivity contribution is 7.85. The summed E-state index contributed by atoms with van der Waals surface area (Å²) in [5.41, 5.74) is 2.85. The Morgan fingerprint density at radius 3 is 1.78 bits per heavy atom. The largest absolute Gasteiger partial charge is 0.294 e. The molecule has 0 aliphatic carbocycles. The number of hydrogen-bond donors (Lipinski definition) is 1. The fourth-order valence-electron chi connectivity index (χ4n) is 3.67. The second kappa shape index (κ2) is 12.6. The molecule has 0 aliphatic rings. The highest BCUT2D eigenvalue weighted by Crippen LogP contribution is 2.24. The highest BCUT2D eigenvalue weighted by atomic mass is 32.2. The van der Waals surface area contributed by atoms with E-state index in [-0.39, 0.29) is 4.90 Å². The average molecular weight is 397 g/mol. The molecule has 1 N–H and O–H groups in total. The Kier molecular flexibility index (Phi) is 11.2. The summed E-state index contributed by atoms with van der Waals surface area (Å²) >= 11 is 0. The molecule has 0 amide bonds. The molecule has 1 rings (SSSR count). The Morgan fingerprint density at radius 1 is 0.815 bits per heavy atom. The molecule has 4 heteroatoms. The zero-order chi connectivity index (χ0) is 20.3. The summed E-state index contributed by atoms with van der Waals surface area (Å²) in [4.78, 5) is 0.0862. The van der Waals surface area contributed by atoms with Gasteiger partial charge in [0.15, 0.2) is 0 Å². The summed E-state index contributed by atoms with van der Waals surface area (Å²) in [6.07, 6.45) is 14.8. The normalized spacial score (nSPS) is 12.1. The molecule has 0 bridgehead atoms. The quantitative estimate of drug-likeness (QED) is 0.271. The number of aryl methyl sites for hydroxylation is 1. The molecule has 1 aromatic rings. The van der Waals surface area contributed by atoms with E-state index in [9.17, 15) is 13.0 Å². The number of hydrogen-bond acceptors (Lipinski definition) is 2. The lowest BCUT2D eigenvalue weighted by atomic mass is 9.97. The first-order valence-corrected chi connectivity index (χ1v) is 12.2. The molecular formula is C23H40O3S. The van der Waals surface area contributed by atoms with Crippen LogP contribution >= 0.6 is 0 Å². The highest BCUT2D eigenvalue weighted by Gasteiger charge is 2.17. The SMILES string of the molecule is Cc1ccc(S(=O)(=O)O)c(CCCCCCCCCCCCC(C)C)c1C. The molecule has 0 atom stereocenters. The lowest BCUT2D eigenvalue weighted by Crippen LogP contribution is -2.06. The Balaban J connectivity index is 2.20. The van der Waals surface area contributed by atoms with Gasteiger partial charge in [-0.3, -0.25) is 4.55 Å². The van der Waals surface area contributed by atoms with Crippen LogP contribution in [0, 0.1) is 19.8 Å². The summed E-state index contributed by atoms with van der Waals surface area (Å²) in [5, 5.41) is 0. The predicted molar refractivity (Wildman–Crippen MR) is 115 cm³/mol. The van der Waals surface area contributed by atoms with Crippen LogP contribution in [-0.4, -0.2) is 13.0 Å². The molecule has 0 spiro atoms. The van der Waals surface area contributed by atoms with Gasteiger partial charge in [0.25, 0.3) is 10.1 Å². The fraction of sp³-hybridized carbons (Fsp3) is 0.739. The van der Waals surface area contributed by atoms with Gasteiger partial charge in [-0.2, -0.15) is 8.42 Å². The van der Waals surface area contributed by atoms with Crippen LogP contribution in [0.2, 0.25) is 0 Å². The van der Waals surface area contributed by atoms with Crippen molar-refractivity contribution in [1.82, 2.24) is 0 Å². The van der Waals surface area contributed by atoms with Gasteiger partial charge in [-0.1, -0.05) is 84.1 Å². The van der Waals surface area contributed by atoms with Crippen molar-refractivity contribution in [2.75, 3.05) is 0 Å². The van der Waals surface area contributed by atoms with Crippen molar-refractivity contribution in [2.45, 2.75) is 110 Å². The number of unbranched alkanes of at least 4 members (excludes halogenated alkanes) is 9. The fourth-order valence-corrected chi connectivity index (χ4v) is 4.48. The summed E-state index contributed by atoms with van der Waals surface area (Å²) in [6, 6.07) is 3.30. The first kappa shape index (κ1) is 24.2. The van der Waals surface area contributed by atoms with Crippen molar-refractivity contribution in [3.05, 3.63) is 28.8 Å². The van der Waals surface area contributed by atoms with Crippen LogP contribution in [0.15, 0.2) is 17.0 Å². The monoisotopic (exact) mass is 396 g/mol. The van der Waals surface area contributed by atoms with Crippen LogP contribution in [0.5, 0.6) is 0 Å². The van der Waals surface area contributed by atoms with Crippen LogP contribution in [0.1, 0.15) is 101 Å². The zero-order valence-corrected chi connectivity index (χ0v) is 18.7. The number of rotatable bonds is 14. The maximum Gasteiger partial charge on any atom is 0.294 e. The Hall–Kier alpha value is -0.870. The standard InChI is InChI=1S/C23H40O3S/c1-19(2)15-13-11-9-7-5-6-8-10-12-14-16-22-21(4)20(3)17-18-23(22)27(24,25)26/h17-19H,5-16H2,1-4H3,(H,24,25,26). The molecule has 1 aromatic carbocycles. The van der Waals surface area contributed by atoms with Gasteiger partial charge >= 0.3 is 0 Å². The van der Waals surface area contributed by atoms with Crippen molar-refractivity contribution in [3.8, 4) is 0 Å². The summed E-state index contributed by atoms with van der Waals surface area (Å²) < 4.78 is 32.7. The first-order chi connectivity index (χ1) is 12.7. The van der Waals surface area contributed by atoms with E-state index in [0.29, 0.717) is 0 Å². The van der Waals surface area contributed by atoms with E-state index in [1.54, 1.807) is 6.07 Å². The molecule has 27 heavy (non-hydrogen) atoms. The second-order valence-corrected chi connectivity index (χ2v) is 9.82. The van der Waals surface area contributed by atoms with Gasteiger partial charge < -0.3 is 0 Å². The van der Waals surface area contributed by atoms with Gasteiger partial charge in [0.2, 0.25) is 0 Å². The second-order valence-electron chi connectivity index (χ2n) is 8.43. The maximum absolute atomic E-state index is 11.6. The third kappa shape index (κ3) is 9.75. The minimum atomic E-state index is -4.14. The Labute approximate surface area is 167 Å². The minimum absolute atomic E-state index is 0.0862. The summed E-state index contributed by atoms with van der Waals surface area (Å²) in [6.45, 7) is 8.52. The molecule has 0 heterocycles. The van der Waals surface area contributed by atoms with E-state index in [1.165, 1.54) is 63.9 Å². The lowest BCUT2D eigenvalue weighted by Gasteiger charge is -2.13. The van der Waals surface area contributed by atoms with Crippen LogP contribution < -0.4 is 0 Å². The van der Waals surface area contributed by atoms with Crippen molar-refractivity contribution in [2.24, 2.45) is 5.92 Å². The van der Waals surface area contributed by atoms with Gasteiger partial charge in [0, 0.05) is 0 Å². The maximum atomic E-state index is 11.6. The molecule has 0 aromatic heterocycles. The van der Waals surface area contributed by atoms with E-state index in [1.807, 2.05) is 13.8 Å². The summed E-state index contributed by atoms with van der Waals surface area (Å²) in [5.74, 6) is 0.835. The van der Waals surface area contributed by atoms with Crippen molar-refractivity contribution < 1.29 is 13.0 Å². The molecule has 3 nitrogen and oxygen atoms in total. The van der Waals surface area contributed by atoms with Gasteiger partial charge in [-0.25, -0.2) is 0 Å². The van der Waals surface area contributed by atoms with Gasteiger partial charge in [-0.05, 0) is 55.4 Å². The number of benzene rings is 1. The van der Waals surface area contributed by atoms with E-state index in [4.69, 9.17) is 0 Å². The molecular weight excluding hydrogens is 356 g/mol. The zero-order valence-electron chi connectivity index (χ0n) is 17.9. The minimum Gasteiger partial charge on any atom is -0.282 e. The topological polar surface area (TPSA) is 54.4 Å². The van der Waals surface area contributed by atoms with E-state index < -0.39 is 10.1 Å². The Bertz CT molecular complexity index is 648. The first-order valence-electron chi connectivity index (χ1n) is 10.8. The van der Waals surface area contributed by atoms with Gasteiger partial charge in [-0.15, -0.1) is 0 Å². The third-order valence-electron chi connectivity index (χ3n) is 5.56. The molecule has 0 radical (unpaired) electrons. The summed E-state index contributed by atoms with van der Waals surface area (Å²) in [7, 11) is -4.14. The van der Waals surface area contributed by atoms with Crippen LogP contribution in [0.4, 0.5) is 0 Å². The lowest BCUT2D eigenvalue weighted by molar-refractivity contribution is 0.481. The van der Waals surface area contributed by atoms with Crippen molar-refractivity contribution >= 4 is 10.1 Å².